The van der Waals surface area contributed by atoms with Gasteiger partial charge in [0.25, 0.3) is 0 Å². The van der Waals surface area contributed by atoms with Crippen molar-refractivity contribution in [3.05, 3.63) is 29.6 Å². The van der Waals surface area contributed by atoms with E-state index in [0.717, 1.165) is 0 Å². The minimum atomic E-state index is -2.26. The summed E-state index contributed by atoms with van der Waals surface area (Å²) in [6.07, 6.45) is 0. The molecule has 5 nitrogen and oxygen atoms in total. The first-order valence-corrected chi connectivity index (χ1v) is 5.33. The average molecular weight is 233 g/mol. The molecule has 1 aromatic rings. The number of rotatable bonds is 5. The summed E-state index contributed by atoms with van der Waals surface area (Å²) in [6, 6.07) is 4.19. The number of benzene rings is 1. The van der Waals surface area contributed by atoms with Gasteiger partial charge in [-0.15, -0.1) is 0 Å². The van der Waals surface area contributed by atoms with Gasteiger partial charge in [0.1, 0.15) is 5.82 Å². The SMILES string of the molecule is O=S([O-])CNc1ccc(CNO)cc1F. The molecule has 1 rings (SSSR count). The number of halogens is 1. The number of hydroxylamine groups is 1. The summed E-state index contributed by atoms with van der Waals surface area (Å²) >= 11 is -2.26. The zero-order valence-electron chi connectivity index (χ0n) is 7.70. The Kier molecular flexibility index (Phi) is 4.63. The Hall–Kier alpha value is -1.02. The summed E-state index contributed by atoms with van der Waals surface area (Å²) in [7, 11) is 0. The smallest absolute Gasteiger partial charge is 0.146 e. The lowest BCUT2D eigenvalue weighted by molar-refractivity contribution is 0.161. The van der Waals surface area contributed by atoms with E-state index in [1.165, 1.54) is 12.1 Å². The first-order valence-electron chi connectivity index (χ1n) is 4.08. The molecule has 0 fully saturated rings. The van der Waals surface area contributed by atoms with Crippen molar-refractivity contribution in [1.82, 2.24) is 5.48 Å². The molecule has 3 N–H and O–H groups in total. The zero-order valence-corrected chi connectivity index (χ0v) is 8.51. The quantitative estimate of drug-likeness (QED) is 0.511. The molecule has 0 aliphatic rings. The highest BCUT2D eigenvalue weighted by atomic mass is 32.2. The maximum Gasteiger partial charge on any atom is 0.146 e. The Bertz CT molecular complexity index is 362. The van der Waals surface area contributed by atoms with Gasteiger partial charge < -0.3 is 15.1 Å². The van der Waals surface area contributed by atoms with E-state index in [2.05, 4.69) is 5.32 Å². The van der Waals surface area contributed by atoms with Gasteiger partial charge in [-0.1, -0.05) is 6.07 Å². The van der Waals surface area contributed by atoms with Crippen LogP contribution in [0.4, 0.5) is 10.1 Å². The lowest BCUT2D eigenvalue weighted by atomic mass is 10.2. The minimum Gasteiger partial charge on any atom is -0.771 e. The standard InChI is InChI=1S/C8H11FN2O3S/c9-7-3-6(4-11-12)1-2-8(7)10-5-15(13)14/h1-3,10-12H,4-5H2,(H,13,14)/p-1. The Balaban J connectivity index is 2.70. The van der Waals surface area contributed by atoms with Crippen LogP contribution in [0.25, 0.3) is 0 Å². The van der Waals surface area contributed by atoms with Gasteiger partial charge in [-0.25, -0.2) is 9.87 Å². The van der Waals surface area contributed by atoms with Crippen molar-refractivity contribution in [3.8, 4) is 0 Å². The third-order valence-electron chi connectivity index (χ3n) is 1.70. The zero-order chi connectivity index (χ0) is 11.3. The molecule has 0 radical (unpaired) electrons. The molecule has 0 spiro atoms. The van der Waals surface area contributed by atoms with Crippen LogP contribution in [0.1, 0.15) is 5.56 Å². The fourth-order valence-corrected chi connectivity index (χ4v) is 1.31. The number of nitrogens with one attached hydrogen (secondary N) is 2. The molecular formula is C8H10FN2O3S-. The molecule has 0 aliphatic heterocycles. The van der Waals surface area contributed by atoms with E-state index in [4.69, 9.17) is 5.21 Å². The number of hydrogen-bond donors (Lipinski definition) is 3. The molecule has 0 bridgehead atoms. The van der Waals surface area contributed by atoms with Crippen molar-refractivity contribution in [3.63, 3.8) is 0 Å². The van der Waals surface area contributed by atoms with Crippen LogP contribution >= 0.6 is 0 Å². The number of hydrogen-bond acceptors (Lipinski definition) is 5. The average Bonchev–Trinajstić information content (AvgIpc) is 2.17. The van der Waals surface area contributed by atoms with E-state index < -0.39 is 16.9 Å². The van der Waals surface area contributed by atoms with Gasteiger partial charge in [0.15, 0.2) is 0 Å². The molecule has 0 amide bonds. The molecule has 0 aliphatic carbocycles. The van der Waals surface area contributed by atoms with E-state index in [1.807, 2.05) is 5.48 Å². The summed E-state index contributed by atoms with van der Waals surface area (Å²) in [5, 5.41) is 10.8. The van der Waals surface area contributed by atoms with E-state index in [-0.39, 0.29) is 18.1 Å². The van der Waals surface area contributed by atoms with Crippen LogP contribution in [-0.2, 0) is 17.6 Å². The van der Waals surface area contributed by atoms with Crippen LogP contribution in [-0.4, -0.2) is 19.8 Å². The summed E-state index contributed by atoms with van der Waals surface area (Å²) < 4.78 is 33.7. The van der Waals surface area contributed by atoms with Gasteiger partial charge in [0, 0.05) is 6.54 Å². The van der Waals surface area contributed by atoms with Crippen molar-refractivity contribution in [2.75, 3.05) is 11.2 Å². The number of anilines is 1. The normalized spacial score (nSPS) is 12.5. The van der Waals surface area contributed by atoms with Crippen LogP contribution in [0.3, 0.4) is 0 Å². The van der Waals surface area contributed by atoms with Crippen molar-refractivity contribution in [1.29, 1.82) is 0 Å². The second kappa shape index (κ2) is 5.76. The van der Waals surface area contributed by atoms with Gasteiger partial charge in [-0.2, -0.15) is 0 Å². The van der Waals surface area contributed by atoms with E-state index in [9.17, 15) is 13.2 Å². The second-order valence-electron chi connectivity index (χ2n) is 2.77. The molecule has 1 aromatic carbocycles. The first-order chi connectivity index (χ1) is 7.13. The maximum atomic E-state index is 13.3. The van der Waals surface area contributed by atoms with E-state index in [0.29, 0.717) is 5.56 Å². The third-order valence-corrected chi connectivity index (χ3v) is 2.08. The van der Waals surface area contributed by atoms with Gasteiger partial charge in [0.2, 0.25) is 0 Å². The largest absolute Gasteiger partial charge is 0.771 e. The van der Waals surface area contributed by atoms with E-state index in [1.54, 1.807) is 6.07 Å². The van der Waals surface area contributed by atoms with Crippen LogP contribution < -0.4 is 10.8 Å². The Morgan fingerprint density at radius 2 is 2.27 bits per heavy atom. The predicted molar refractivity (Wildman–Crippen MR) is 52.4 cm³/mol. The van der Waals surface area contributed by atoms with Crippen molar-refractivity contribution in [2.45, 2.75) is 6.54 Å². The highest BCUT2D eigenvalue weighted by Crippen LogP contribution is 2.15. The molecule has 1 unspecified atom stereocenters. The van der Waals surface area contributed by atoms with Crippen molar-refractivity contribution < 1.29 is 18.4 Å². The lowest BCUT2D eigenvalue weighted by Gasteiger charge is -2.10. The predicted octanol–water partition coefficient (Wildman–Crippen LogP) is 0.553. The molecular weight excluding hydrogens is 223 g/mol. The van der Waals surface area contributed by atoms with Crippen LogP contribution in [0, 0.1) is 5.82 Å². The fraction of sp³-hybridized carbons (Fsp3) is 0.250. The van der Waals surface area contributed by atoms with Crippen molar-refractivity contribution in [2.24, 2.45) is 0 Å². The topological polar surface area (TPSA) is 84.4 Å². The highest BCUT2D eigenvalue weighted by Gasteiger charge is 2.02. The third kappa shape index (κ3) is 3.92. The maximum absolute atomic E-state index is 13.3. The summed E-state index contributed by atoms with van der Waals surface area (Å²) in [4.78, 5) is 0. The minimum absolute atomic E-state index is 0.112. The summed E-state index contributed by atoms with van der Waals surface area (Å²) in [6.45, 7) is 0.130. The summed E-state index contributed by atoms with van der Waals surface area (Å²) in [5.74, 6) is -0.901. The van der Waals surface area contributed by atoms with Crippen molar-refractivity contribution >= 4 is 16.8 Å². The van der Waals surface area contributed by atoms with Gasteiger partial charge in [-0.3, -0.25) is 4.21 Å². The van der Waals surface area contributed by atoms with Crippen LogP contribution in [0.5, 0.6) is 0 Å². The molecule has 0 heterocycles. The molecule has 0 aromatic heterocycles. The fourth-order valence-electron chi connectivity index (χ4n) is 1.04. The molecule has 84 valence electrons. The molecule has 0 saturated carbocycles. The lowest BCUT2D eigenvalue weighted by Crippen LogP contribution is -2.10. The Morgan fingerprint density at radius 1 is 1.53 bits per heavy atom. The summed E-state index contributed by atoms with van der Waals surface area (Å²) in [5.41, 5.74) is 2.57. The Morgan fingerprint density at radius 3 is 2.80 bits per heavy atom. The van der Waals surface area contributed by atoms with Gasteiger partial charge in [-0.05, 0) is 28.8 Å². The Labute approximate surface area is 88.6 Å². The van der Waals surface area contributed by atoms with Gasteiger partial charge >= 0.3 is 0 Å². The van der Waals surface area contributed by atoms with Crippen LogP contribution in [0.2, 0.25) is 0 Å². The first kappa shape index (κ1) is 12.1. The molecule has 1 atom stereocenters. The monoisotopic (exact) mass is 233 g/mol. The molecule has 0 saturated heterocycles. The van der Waals surface area contributed by atoms with Crippen LogP contribution in [0.15, 0.2) is 18.2 Å². The molecule has 7 heteroatoms. The van der Waals surface area contributed by atoms with E-state index >= 15 is 0 Å². The molecule has 15 heavy (non-hydrogen) atoms. The van der Waals surface area contributed by atoms with Gasteiger partial charge in [0.05, 0.1) is 11.6 Å². The highest BCUT2D eigenvalue weighted by molar-refractivity contribution is 7.79. The second-order valence-corrected chi connectivity index (χ2v) is 3.67.